The molecule has 3 rings (SSSR count). The first kappa shape index (κ1) is 21.1. The maximum atomic E-state index is 13.3. The second-order valence-electron chi connectivity index (χ2n) is 6.62. The van der Waals surface area contributed by atoms with Gasteiger partial charge in [-0.25, -0.2) is 4.79 Å². The summed E-state index contributed by atoms with van der Waals surface area (Å²) < 4.78 is 0.861. The number of carboxylic acid groups (broad SMARTS) is 1. The van der Waals surface area contributed by atoms with Crippen LogP contribution in [-0.2, 0) is 17.8 Å². The van der Waals surface area contributed by atoms with Crippen molar-refractivity contribution in [1.29, 1.82) is 0 Å². The molecule has 0 saturated heterocycles. The zero-order chi connectivity index (χ0) is 20.8. The third-order valence-electron chi connectivity index (χ3n) is 4.51. The Morgan fingerprint density at radius 3 is 2.28 bits per heavy atom. The lowest BCUT2D eigenvalue weighted by atomic mass is 10.0. The number of hydrogen-bond acceptors (Lipinski definition) is 2. The quantitative estimate of drug-likeness (QED) is 0.498. The molecule has 0 radical (unpaired) electrons. The van der Waals surface area contributed by atoms with Crippen molar-refractivity contribution in [1.82, 2.24) is 4.90 Å². The Bertz CT molecular complexity index is 1010. The third-order valence-corrected chi connectivity index (χ3v) is 5.24. The highest BCUT2D eigenvalue weighted by molar-refractivity contribution is 9.10. The zero-order valence-electron chi connectivity index (χ0n) is 15.5. The maximum Gasteiger partial charge on any atom is 0.326 e. The van der Waals surface area contributed by atoms with E-state index in [9.17, 15) is 14.7 Å². The number of halogens is 2. The summed E-state index contributed by atoms with van der Waals surface area (Å²) in [6, 6.07) is 22.3. The maximum absolute atomic E-state index is 13.3. The first-order valence-electron chi connectivity index (χ1n) is 9.02. The van der Waals surface area contributed by atoms with Gasteiger partial charge in [-0.3, -0.25) is 4.79 Å². The van der Waals surface area contributed by atoms with Crippen LogP contribution < -0.4 is 0 Å². The molecule has 0 aromatic heterocycles. The van der Waals surface area contributed by atoms with E-state index in [0.717, 1.165) is 15.6 Å². The average Bonchev–Trinajstić information content (AvgIpc) is 2.71. The monoisotopic (exact) mass is 471 g/mol. The van der Waals surface area contributed by atoms with Crippen molar-refractivity contribution in [2.75, 3.05) is 0 Å². The number of aliphatic carboxylic acids is 1. The van der Waals surface area contributed by atoms with Gasteiger partial charge in [0.25, 0.3) is 5.91 Å². The highest BCUT2D eigenvalue weighted by atomic mass is 79.9. The van der Waals surface area contributed by atoms with Gasteiger partial charge in [0.2, 0.25) is 0 Å². The van der Waals surface area contributed by atoms with Crippen LogP contribution in [0.1, 0.15) is 21.5 Å². The number of benzene rings is 3. The van der Waals surface area contributed by atoms with E-state index < -0.39 is 12.0 Å². The molecule has 0 aliphatic carbocycles. The van der Waals surface area contributed by atoms with Crippen molar-refractivity contribution < 1.29 is 14.7 Å². The number of nitrogens with zero attached hydrogens (tertiary/aromatic N) is 1. The fourth-order valence-electron chi connectivity index (χ4n) is 3.11. The number of rotatable bonds is 7. The van der Waals surface area contributed by atoms with Gasteiger partial charge < -0.3 is 10.0 Å². The molecule has 1 amide bonds. The van der Waals surface area contributed by atoms with E-state index in [0.29, 0.717) is 10.6 Å². The summed E-state index contributed by atoms with van der Waals surface area (Å²) in [5.41, 5.74) is 2.03. The summed E-state index contributed by atoms with van der Waals surface area (Å²) in [5.74, 6) is -1.44. The molecular formula is C23H19BrClNO3. The molecular weight excluding hydrogens is 454 g/mol. The predicted molar refractivity (Wildman–Crippen MR) is 117 cm³/mol. The van der Waals surface area contributed by atoms with Crippen molar-refractivity contribution in [2.24, 2.45) is 0 Å². The normalized spacial score (nSPS) is 11.7. The van der Waals surface area contributed by atoms with Gasteiger partial charge in [0, 0.05) is 28.0 Å². The van der Waals surface area contributed by atoms with Crippen molar-refractivity contribution >= 4 is 39.4 Å². The molecule has 0 fully saturated rings. The summed E-state index contributed by atoms with van der Waals surface area (Å²) in [7, 11) is 0. The minimum Gasteiger partial charge on any atom is -0.480 e. The molecule has 29 heavy (non-hydrogen) atoms. The molecule has 6 heteroatoms. The van der Waals surface area contributed by atoms with Crippen molar-refractivity contribution in [2.45, 2.75) is 19.0 Å². The van der Waals surface area contributed by atoms with E-state index in [1.165, 1.54) is 4.90 Å². The van der Waals surface area contributed by atoms with E-state index in [1.807, 2.05) is 54.6 Å². The molecule has 4 nitrogen and oxygen atoms in total. The highest BCUT2D eigenvalue weighted by Crippen LogP contribution is 2.21. The summed E-state index contributed by atoms with van der Waals surface area (Å²) >= 11 is 9.48. The summed E-state index contributed by atoms with van der Waals surface area (Å²) in [6.45, 7) is 0.161. The Hall–Kier alpha value is -2.63. The van der Waals surface area contributed by atoms with Crippen LogP contribution in [0.25, 0.3) is 0 Å². The Kier molecular flexibility index (Phi) is 7.07. The SMILES string of the molecule is O=C(O)[C@H](Cc1ccccc1)N(Cc1cccc(Br)c1)C(=O)c1cccc(Cl)c1. The molecule has 148 valence electrons. The first-order valence-corrected chi connectivity index (χ1v) is 10.2. The van der Waals surface area contributed by atoms with Gasteiger partial charge >= 0.3 is 5.97 Å². The lowest BCUT2D eigenvalue weighted by Gasteiger charge is -2.29. The van der Waals surface area contributed by atoms with Gasteiger partial charge in [0.05, 0.1) is 0 Å². The van der Waals surface area contributed by atoms with Gasteiger partial charge in [-0.1, -0.05) is 76.1 Å². The van der Waals surface area contributed by atoms with Crippen molar-refractivity contribution in [3.8, 4) is 0 Å². The Morgan fingerprint density at radius 1 is 0.931 bits per heavy atom. The number of hydrogen-bond donors (Lipinski definition) is 1. The average molecular weight is 473 g/mol. The third kappa shape index (κ3) is 5.68. The van der Waals surface area contributed by atoms with Crippen LogP contribution in [0.15, 0.2) is 83.3 Å². The van der Waals surface area contributed by atoms with Crippen molar-refractivity contribution in [3.05, 3.63) is 105 Å². The highest BCUT2D eigenvalue weighted by Gasteiger charge is 2.31. The summed E-state index contributed by atoms with van der Waals surface area (Å²) in [4.78, 5) is 26.9. The topological polar surface area (TPSA) is 57.6 Å². The number of carbonyl (C=O) groups is 2. The van der Waals surface area contributed by atoms with Gasteiger partial charge in [-0.2, -0.15) is 0 Å². The largest absolute Gasteiger partial charge is 0.480 e. The van der Waals surface area contributed by atoms with Crippen LogP contribution in [0.3, 0.4) is 0 Å². The fourth-order valence-corrected chi connectivity index (χ4v) is 3.75. The predicted octanol–water partition coefficient (Wildman–Crippen LogP) is 5.44. The van der Waals surface area contributed by atoms with E-state index in [-0.39, 0.29) is 18.9 Å². The minimum atomic E-state index is -1.06. The Labute approximate surface area is 182 Å². The van der Waals surface area contributed by atoms with Crippen LogP contribution in [0.4, 0.5) is 0 Å². The molecule has 0 aliphatic rings. The van der Waals surface area contributed by atoms with Gasteiger partial charge in [-0.15, -0.1) is 0 Å². The lowest BCUT2D eigenvalue weighted by Crippen LogP contribution is -2.46. The molecule has 0 unspecified atom stereocenters. The molecule has 0 aliphatic heterocycles. The molecule has 1 atom stereocenters. The first-order chi connectivity index (χ1) is 13.9. The zero-order valence-corrected chi connectivity index (χ0v) is 17.8. The number of carboxylic acids is 1. The molecule has 0 spiro atoms. The molecule has 0 saturated carbocycles. The molecule has 3 aromatic rings. The fraction of sp³-hybridized carbons (Fsp3) is 0.130. The van der Waals surface area contributed by atoms with E-state index in [1.54, 1.807) is 24.3 Å². The van der Waals surface area contributed by atoms with E-state index >= 15 is 0 Å². The van der Waals surface area contributed by atoms with Crippen LogP contribution >= 0.6 is 27.5 Å². The van der Waals surface area contributed by atoms with Crippen LogP contribution in [0.2, 0.25) is 5.02 Å². The Balaban J connectivity index is 1.99. The second-order valence-corrected chi connectivity index (χ2v) is 7.97. The minimum absolute atomic E-state index is 0.161. The molecule has 3 aromatic carbocycles. The van der Waals surface area contributed by atoms with Crippen LogP contribution in [0, 0.1) is 0 Å². The summed E-state index contributed by atoms with van der Waals surface area (Å²) in [5, 5.41) is 10.4. The van der Waals surface area contributed by atoms with E-state index in [2.05, 4.69) is 15.9 Å². The second kappa shape index (κ2) is 9.72. The number of amides is 1. The Morgan fingerprint density at radius 2 is 1.62 bits per heavy atom. The summed E-state index contributed by atoms with van der Waals surface area (Å²) in [6.07, 6.45) is 0.205. The van der Waals surface area contributed by atoms with Crippen molar-refractivity contribution in [3.63, 3.8) is 0 Å². The van der Waals surface area contributed by atoms with Gasteiger partial charge in [0.1, 0.15) is 6.04 Å². The molecule has 1 N–H and O–H groups in total. The smallest absolute Gasteiger partial charge is 0.326 e. The molecule has 0 bridgehead atoms. The standard InChI is InChI=1S/C23H19BrClNO3/c24-19-10-4-8-17(12-19)15-26(22(27)18-9-5-11-20(25)14-18)21(23(28)29)13-16-6-2-1-3-7-16/h1-12,14,21H,13,15H2,(H,28,29)/t21-/m0/s1. The molecule has 0 heterocycles. The van der Waals surface area contributed by atoms with Crippen LogP contribution in [-0.4, -0.2) is 27.9 Å². The van der Waals surface area contributed by atoms with E-state index in [4.69, 9.17) is 11.6 Å². The lowest BCUT2D eigenvalue weighted by molar-refractivity contribution is -0.142. The van der Waals surface area contributed by atoms with Gasteiger partial charge in [-0.05, 0) is 41.5 Å². The van der Waals surface area contributed by atoms with Crippen LogP contribution in [0.5, 0.6) is 0 Å². The number of carbonyl (C=O) groups excluding carboxylic acids is 1. The van der Waals surface area contributed by atoms with Gasteiger partial charge in [0.15, 0.2) is 0 Å².